The largest absolute Gasteiger partial charge is 0.498 e. The van der Waals surface area contributed by atoms with E-state index in [9.17, 15) is 43.8 Å². The molecule has 2 aliphatic heterocycles. The third-order valence-corrected chi connectivity index (χ3v) is 28.3. The molecule has 0 amide bonds. The average Bonchev–Trinajstić information content (AvgIpc) is 1.58. The maximum absolute atomic E-state index is 14.3. The molecule has 0 saturated carbocycles. The minimum atomic E-state index is -2.53. The maximum atomic E-state index is 14.3. The number of aromatic nitrogens is 4. The van der Waals surface area contributed by atoms with Crippen LogP contribution in [0, 0.1) is 23.7 Å². The van der Waals surface area contributed by atoms with Gasteiger partial charge in [0.15, 0.2) is 71.1 Å². The molecule has 1 spiro atoms. The van der Waals surface area contributed by atoms with E-state index in [1.165, 1.54) is 18.2 Å². The van der Waals surface area contributed by atoms with Gasteiger partial charge >= 0.3 is 4.96 Å². The first-order valence-corrected chi connectivity index (χ1v) is 43.4. The van der Waals surface area contributed by atoms with Crippen molar-refractivity contribution in [3.05, 3.63) is 237 Å². The van der Waals surface area contributed by atoms with Crippen molar-refractivity contribution in [1.29, 1.82) is 0 Å². The van der Waals surface area contributed by atoms with Crippen molar-refractivity contribution in [3.63, 3.8) is 0 Å². The summed E-state index contributed by atoms with van der Waals surface area (Å²) in [6.07, 6.45) is 13.0. The Kier molecular flexibility index (Phi) is 27.1. The van der Waals surface area contributed by atoms with Gasteiger partial charge in [0.2, 0.25) is 23.1 Å². The van der Waals surface area contributed by atoms with Crippen LogP contribution in [0.5, 0.6) is 23.5 Å². The highest BCUT2D eigenvalue weighted by Crippen LogP contribution is 2.61. The zero-order valence-electron chi connectivity index (χ0n) is 69.0. The van der Waals surface area contributed by atoms with Gasteiger partial charge in [0.25, 0.3) is 23.5 Å². The number of hydrogen-bond donors (Lipinski definition) is 2. The van der Waals surface area contributed by atoms with Crippen LogP contribution in [-0.4, -0.2) is 196 Å². The number of benzene rings is 4. The molecule has 7 aliphatic carbocycles. The summed E-state index contributed by atoms with van der Waals surface area (Å²) in [7, 11) is 14.0. The molecular formula is C88H100BCl3N8O20Si. The SMILES string of the molecule is C.CN(C)[C@@H]1c2onc(OCc3ccccc3)c2C(=O)[C@@]2(O)C(=O)C=CC[C@@H]12.CN(C)[C@@H]1c2onc(OCc3ccccc3)c2C(=O)[C@@]2(O)C(=O)C=CC[C@@H]12.CN(C)[C@@H]1c2onc(OCc3ccccc3)c2C(=O)[C@@]2(O[Si](C)(C)C(C)(C)C)C(=O)C=CC[C@@H]12.COC1=C[C@H]2C[C@H]3[C@H](N(C)C)c4onc(OCc5ccccc5)c4C(=O)[C@@]13O2.ClB(Cl)Cl. The second-order valence-corrected chi connectivity index (χ2v) is 39.8. The highest BCUT2D eigenvalue weighted by atomic mass is 35.6. The second kappa shape index (κ2) is 36.3. The van der Waals surface area contributed by atoms with E-state index in [1.54, 1.807) is 47.5 Å². The van der Waals surface area contributed by atoms with Crippen molar-refractivity contribution in [2.75, 3.05) is 63.5 Å². The molecule has 17 rings (SSSR count). The maximum Gasteiger partial charge on any atom is 0.450 e. The molecule has 28 nitrogen and oxygen atoms in total. The van der Waals surface area contributed by atoms with Crippen LogP contribution in [0.25, 0.3) is 0 Å². The third-order valence-electron chi connectivity index (χ3n) is 23.9. The number of fused-ring (bicyclic) bond motifs is 8. The summed E-state index contributed by atoms with van der Waals surface area (Å²) in [5.74, 6) is -2.85. The van der Waals surface area contributed by atoms with Gasteiger partial charge in [-0.3, -0.25) is 53.2 Å². The van der Waals surface area contributed by atoms with E-state index >= 15 is 0 Å². The number of ether oxygens (including phenoxy) is 6. The quantitative estimate of drug-likeness (QED) is 0.0561. The van der Waals surface area contributed by atoms with E-state index < -0.39 is 94.4 Å². The van der Waals surface area contributed by atoms with Crippen molar-refractivity contribution in [1.82, 2.24) is 40.2 Å². The molecule has 33 heteroatoms. The Balaban J connectivity index is 0.000000146. The lowest BCUT2D eigenvalue weighted by molar-refractivity contribution is -0.137. The highest BCUT2D eigenvalue weighted by Gasteiger charge is 2.70. The molecular weight excluding hydrogens is 1630 g/mol. The van der Waals surface area contributed by atoms with E-state index in [4.69, 9.17) is 85.3 Å². The van der Waals surface area contributed by atoms with Crippen molar-refractivity contribution in [2.24, 2.45) is 23.7 Å². The number of aliphatic hydroxyl groups is 2. The zero-order chi connectivity index (χ0) is 86.3. The number of halogens is 3. The van der Waals surface area contributed by atoms with Gasteiger partial charge in [-0.15, -0.1) is 0 Å². The van der Waals surface area contributed by atoms with E-state index in [-0.39, 0.29) is 108 Å². The van der Waals surface area contributed by atoms with Crippen LogP contribution in [0.1, 0.15) is 165 Å². The topological polar surface area (TPSA) is 342 Å². The van der Waals surface area contributed by atoms with Crippen molar-refractivity contribution in [3.8, 4) is 23.5 Å². The molecule has 4 aromatic heterocycles. The summed E-state index contributed by atoms with van der Waals surface area (Å²) in [6.45, 7) is 11.3. The number of methoxy groups -OCH3 is 1. The molecule has 1 fully saturated rings. The summed E-state index contributed by atoms with van der Waals surface area (Å²) in [6, 6.07) is 36.7. The monoisotopic (exact) mass is 1730 g/mol. The third kappa shape index (κ3) is 16.7. The molecule has 8 aromatic rings. The van der Waals surface area contributed by atoms with Gasteiger partial charge in [-0.05, 0) is 167 Å². The Morgan fingerprint density at radius 3 is 1.08 bits per heavy atom. The van der Waals surface area contributed by atoms with Crippen LogP contribution in [-0.2, 0) is 54.7 Å². The predicted molar refractivity (Wildman–Crippen MR) is 451 cm³/mol. The summed E-state index contributed by atoms with van der Waals surface area (Å²) < 4.78 is 64.1. The Morgan fingerprint density at radius 2 is 0.760 bits per heavy atom. The number of Topliss-reactive ketones (excluding diaryl/α,β-unsaturated/α-hetero) is 4. The van der Waals surface area contributed by atoms with Crippen LogP contribution in [0.2, 0.25) is 18.1 Å². The predicted octanol–water partition coefficient (Wildman–Crippen LogP) is 13.9. The first-order chi connectivity index (χ1) is 57.1. The minimum absolute atomic E-state index is 0. The fraction of sp³-hybridized carbons (Fsp3) is 0.420. The van der Waals surface area contributed by atoms with Gasteiger partial charge < -0.3 is 61.2 Å². The molecule has 0 radical (unpaired) electrons. The Morgan fingerprint density at radius 1 is 0.463 bits per heavy atom. The van der Waals surface area contributed by atoms with Crippen LogP contribution in [0.15, 0.2) is 188 Å². The standard InChI is InChI=1S/C26H34N2O5Si.C21H22N2O5.2C20H20N2O5.CH4.BCl3/c1-25(2,3)34(6,7)33-26-18(14-11-15-19(26)29)21(28(4)5)22-20(23(26)30)24(27-32-22)31-16-17-12-9-8-10-13-17;1-23(2)17-14-9-13-10-15(25-3)21(14,27-13)19(24)16-18(17)28-22-20(16)26-11-12-7-5-4-6-8-12;2*1-22(2)16-13-9-6-10-14(23)20(13,25)18(24)15-17(16)27-21-19(15)26-11-12-7-4-3-5-8-12;;2-1(3)4/h8-13,15,18,21H,14,16H2,1-7H3;4-8,10,13-14,17H,9,11H2,1-3H3;2*3-8,10,13,16,25H,9,11H2,1-2H3;1H4;/t18-,21-,26-;13-,14+,17+,21+;2*13-,16-,20-;;/m0100../s1. The fourth-order valence-electron chi connectivity index (χ4n) is 17.3. The Labute approximate surface area is 717 Å². The van der Waals surface area contributed by atoms with Crippen molar-refractivity contribution in [2.45, 2.75) is 151 Å². The van der Waals surface area contributed by atoms with E-state index in [1.807, 2.05) is 181 Å². The number of carbonyl (C=O) groups excluding carboxylic acids is 7. The average molecular weight is 1740 g/mol. The first kappa shape index (κ1) is 90.4. The van der Waals surface area contributed by atoms with E-state index in [0.29, 0.717) is 60.2 Å². The summed E-state index contributed by atoms with van der Waals surface area (Å²) in [5, 5.41) is 38.1. The summed E-state index contributed by atoms with van der Waals surface area (Å²) in [5.41, 5.74) is -2.63. The molecule has 4 aromatic carbocycles. The van der Waals surface area contributed by atoms with Crippen LogP contribution < -0.4 is 18.9 Å². The zero-order valence-corrected chi connectivity index (χ0v) is 72.2. The van der Waals surface area contributed by atoms with Gasteiger partial charge in [0.1, 0.15) is 54.4 Å². The summed E-state index contributed by atoms with van der Waals surface area (Å²) in [4.78, 5) is 99.7. The normalized spacial score (nSPS) is 26.2. The fourth-order valence-corrected chi connectivity index (χ4v) is 18.8. The lowest BCUT2D eigenvalue weighted by Crippen LogP contribution is -2.65. The number of nitrogens with zero attached hydrogens (tertiary/aromatic N) is 8. The van der Waals surface area contributed by atoms with Gasteiger partial charge in [0.05, 0.1) is 37.4 Å². The molecule has 6 heterocycles. The van der Waals surface area contributed by atoms with Crippen LogP contribution in [0.4, 0.5) is 0 Å². The number of carbonyl (C=O) groups is 7. The molecule has 0 unspecified atom stereocenters. The van der Waals surface area contributed by atoms with Crippen LogP contribution >= 0.6 is 34.4 Å². The lowest BCUT2D eigenvalue weighted by Gasteiger charge is -2.51. The van der Waals surface area contributed by atoms with E-state index in [2.05, 4.69) is 54.5 Å². The summed E-state index contributed by atoms with van der Waals surface area (Å²) >= 11 is 14.4. The van der Waals surface area contributed by atoms with Gasteiger partial charge in [-0.25, -0.2) is 0 Å². The molecule has 2 N–H and O–H groups in total. The molecule has 9 aliphatic rings. The van der Waals surface area contributed by atoms with Gasteiger partial charge in [-0.1, -0.05) is 168 Å². The van der Waals surface area contributed by atoms with Crippen molar-refractivity contribution < 1.29 is 94.7 Å². The number of rotatable bonds is 19. The Hall–Kier alpha value is -9.80. The molecule has 1 saturated heterocycles. The first-order valence-electron chi connectivity index (χ1n) is 39.2. The molecule has 2 bridgehead atoms. The molecule has 640 valence electrons. The number of hydrogen-bond acceptors (Lipinski definition) is 28. The van der Waals surface area contributed by atoms with E-state index in [0.717, 1.165) is 28.7 Å². The number of allylic oxidation sites excluding steroid dienone is 3. The lowest BCUT2D eigenvalue weighted by atomic mass is 9.65. The minimum Gasteiger partial charge on any atom is -0.498 e. The Bertz CT molecular complexity index is 5110. The van der Waals surface area contributed by atoms with Crippen LogP contribution in [0.3, 0.4) is 0 Å². The second-order valence-electron chi connectivity index (χ2n) is 33.1. The van der Waals surface area contributed by atoms with Gasteiger partial charge in [0, 0.05) is 23.7 Å². The smallest absolute Gasteiger partial charge is 0.450 e. The van der Waals surface area contributed by atoms with Gasteiger partial charge in [-0.2, -0.15) is 34.4 Å². The molecule has 121 heavy (non-hydrogen) atoms. The molecule has 13 atom stereocenters. The highest BCUT2D eigenvalue weighted by molar-refractivity contribution is 7.54. The van der Waals surface area contributed by atoms with Crippen molar-refractivity contribution >= 4 is 88.1 Å². The number of ketones is 7.